The van der Waals surface area contributed by atoms with E-state index in [-0.39, 0.29) is 5.54 Å². The van der Waals surface area contributed by atoms with Crippen LogP contribution < -0.4 is 0 Å². The van der Waals surface area contributed by atoms with E-state index >= 15 is 0 Å². The Morgan fingerprint density at radius 3 is 2.69 bits per heavy atom. The van der Waals surface area contributed by atoms with Gasteiger partial charge in [0.05, 0.1) is 0 Å². The van der Waals surface area contributed by atoms with Crippen molar-refractivity contribution in [2.24, 2.45) is 0 Å². The van der Waals surface area contributed by atoms with Gasteiger partial charge in [-0.2, -0.15) is 0 Å². The van der Waals surface area contributed by atoms with Gasteiger partial charge in [0.1, 0.15) is 0 Å². The highest BCUT2D eigenvalue weighted by atomic mass is 28.1. The fourth-order valence-corrected chi connectivity index (χ4v) is 1.75. The molecule has 1 aromatic rings. The molecule has 13 heavy (non-hydrogen) atoms. The summed E-state index contributed by atoms with van der Waals surface area (Å²) in [5, 5.41) is 0. The molecule has 0 bridgehead atoms. The monoisotopic (exact) mass is 197 g/mol. The van der Waals surface area contributed by atoms with E-state index in [1.807, 2.05) is 6.92 Å². The van der Waals surface area contributed by atoms with Gasteiger partial charge >= 0.3 is 0 Å². The zero-order valence-electron chi connectivity index (χ0n) is 7.48. The van der Waals surface area contributed by atoms with Crippen LogP contribution >= 0.6 is 0 Å². The van der Waals surface area contributed by atoms with E-state index in [4.69, 9.17) is 0 Å². The molecule has 0 amide bonds. The maximum atomic E-state index is 13.2. The predicted molar refractivity (Wildman–Crippen MR) is 49.8 cm³/mol. The van der Waals surface area contributed by atoms with Gasteiger partial charge in [0, 0.05) is 10.2 Å². The van der Waals surface area contributed by atoms with Crippen molar-refractivity contribution in [3.05, 3.63) is 35.4 Å². The van der Waals surface area contributed by atoms with Crippen molar-refractivity contribution >= 4 is 10.2 Å². The maximum Gasteiger partial charge on any atom is 0.161 e. The molecule has 1 unspecified atom stereocenters. The first-order valence-electron chi connectivity index (χ1n) is 4.31. The summed E-state index contributed by atoms with van der Waals surface area (Å²) < 4.78 is 26.0. The molecule has 0 N–H and O–H groups in total. The van der Waals surface area contributed by atoms with Crippen molar-refractivity contribution in [1.82, 2.24) is 0 Å². The summed E-state index contributed by atoms with van der Waals surface area (Å²) in [4.78, 5) is 0. The normalized spacial score (nSPS) is 12.9. The summed E-state index contributed by atoms with van der Waals surface area (Å²) in [5.74, 6) is -1.52. The molecule has 69 valence electrons. The standard InChI is InChI=1S/C10H11F2Si/c1-2-4-9(13)7-5-3-6-8(11)10(7)12/h3,5-6,9H,2,4H2,1H3. The topological polar surface area (TPSA) is 0 Å². The molecule has 1 atom stereocenters. The first-order valence-corrected chi connectivity index (χ1v) is 4.89. The minimum atomic E-state index is -0.781. The minimum absolute atomic E-state index is 0.0966. The highest BCUT2D eigenvalue weighted by molar-refractivity contribution is 6.12. The molecule has 3 heteroatoms. The van der Waals surface area contributed by atoms with Gasteiger partial charge in [0.2, 0.25) is 0 Å². The van der Waals surface area contributed by atoms with Gasteiger partial charge in [0.25, 0.3) is 0 Å². The van der Waals surface area contributed by atoms with Crippen LogP contribution in [0.1, 0.15) is 30.9 Å². The number of benzene rings is 1. The van der Waals surface area contributed by atoms with Gasteiger partial charge in [-0.05, 0) is 23.6 Å². The van der Waals surface area contributed by atoms with Crippen molar-refractivity contribution in [1.29, 1.82) is 0 Å². The van der Waals surface area contributed by atoms with E-state index < -0.39 is 11.6 Å². The van der Waals surface area contributed by atoms with E-state index in [1.165, 1.54) is 6.07 Å². The second-order valence-corrected chi connectivity index (χ2v) is 3.68. The van der Waals surface area contributed by atoms with E-state index in [1.54, 1.807) is 6.07 Å². The third-order valence-corrected chi connectivity index (χ3v) is 2.53. The Morgan fingerprint density at radius 1 is 1.38 bits per heavy atom. The van der Waals surface area contributed by atoms with E-state index in [0.717, 1.165) is 18.9 Å². The molecule has 0 aliphatic heterocycles. The molecular formula is C10H11F2Si. The Labute approximate surface area is 80.4 Å². The molecule has 0 aromatic heterocycles. The van der Waals surface area contributed by atoms with Crippen LogP contribution in [-0.2, 0) is 0 Å². The maximum absolute atomic E-state index is 13.2. The highest BCUT2D eigenvalue weighted by Gasteiger charge is 2.12. The summed E-state index contributed by atoms with van der Waals surface area (Å²) in [6.07, 6.45) is 1.74. The van der Waals surface area contributed by atoms with E-state index in [0.29, 0.717) is 5.56 Å². The molecule has 1 aromatic carbocycles. The van der Waals surface area contributed by atoms with Crippen LogP contribution in [0, 0.1) is 11.6 Å². The van der Waals surface area contributed by atoms with Crippen LogP contribution in [0.2, 0.25) is 0 Å². The van der Waals surface area contributed by atoms with Gasteiger partial charge < -0.3 is 0 Å². The number of hydrogen-bond donors (Lipinski definition) is 0. The van der Waals surface area contributed by atoms with Crippen LogP contribution in [0.3, 0.4) is 0 Å². The molecule has 3 radical (unpaired) electrons. The Hall–Kier alpha value is -0.703. The molecule has 0 heterocycles. The Morgan fingerprint density at radius 2 is 2.08 bits per heavy atom. The number of hydrogen-bond acceptors (Lipinski definition) is 0. The first-order chi connectivity index (χ1) is 6.16. The molecular weight excluding hydrogens is 186 g/mol. The first kappa shape index (κ1) is 10.4. The lowest BCUT2D eigenvalue weighted by Gasteiger charge is -2.11. The third-order valence-electron chi connectivity index (χ3n) is 1.93. The minimum Gasteiger partial charge on any atom is -0.204 e. The zero-order valence-corrected chi connectivity index (χ0v) is 8.48. The lowest BCUT2D eigenvalue weighted by molar-refractivity contribution is 0.495. The highest BCUT2D eigenvalue weighted by Crippen LogP contribution is 2.22. The van der Waals surface area contributed by atoms with Crippen molar-refractivity contribution in [3.63, 3.8) is 0 Å². The second kappa shape index (κ2) is 4.51. The third kappa shape index (κ3) is 2.37. The largest absolute Gasteiger partial charge is 0.204 e. The fraction of sp³-hybridized carbons (Fsp3) is 0.400. The Kier molecular flexibility index (Phi) is 3.60. The lowest BCUT2D eigenvalue weighted by Crippen LogP contribution is -2.02. The van der Waals surface area contributed by atoms with Gasteiger partial charge in [0.15, 0.2) is 11.6 Å². The predicted octanol–water partition coefficient (Wildman–Crippen LogP) is 2.97. The zero-order chi connectivity index (χ0) is 9.84. The van der Waals surface area contributed by atoms with Crippen molar-refractivity contribution in [3.8, 4) is 0 Å². The molecule has 0 aliphatic rings. The van der Waals surface area contributed by atoms with E-state index in [9.17, 15) is 8.78 Å². The smallest absolute Gasteiger partial charge is 0.161 e. The number of rotatable bonds is 3. The molecule has 0 nitrogen and oxygen atoms in total. The molecule has 0 fully saturated rings. The molecule has 0 aliphatic carbocycles. The summed E-state index contributed by atoms with van der Waals surface area (Å²) in [7, 11) is 3.38. The summed E-state index contributed by atoms with van der Waals surface area (Å²) in [5.41, 5.74) is 0.305. The Balaban J connectivity index is 2.93. The van der Waals surface area contributed by atoms with Crippen LogP contribution in [0.15, 0.2) is 18.2 Å². The summed E-state index contributed by atoms with van der Waals surface area (Å²) in [6, 6.07) is 4.26. The van der Waals surface area contributed by atoms with Gasteiger partial charge in [-0.3, -0.25) is 0 Å². The van der Waals surface area contributed by atoms with Crippen LogP contribution in [0.5, 0.6) is 0 Å². The van der Waals surface area contributed by atoms with Gasteiger partial charge in [-0.15, -0.1) is 0 Å². The number of halogens is 2. The average Bonchev–Trinajstić information content (AvgIpc) is 2.10. The van der Waals surface area contributed by atoms with Crippen molar-refractivity contribution in [2.75, 3.05) is 0 Å². The van der Waals surface area contributed by atoms with E-state index in [2.05, 4.69) is 10.2 Å². The van der Waals surface area contributed by atoms with Crippen molar-refractivity contribution in [2.45, 2.75) is 25.3 Å². The van der Waals surface area contributed by atoms with Crippen LogP contribution in [0.25, 0.3) is 0 Å². The second-order valence-electron chi connectivity index (χ2n) is 2.98. The quantitative estimate of drug-likeness (QED) is 0.653. The fourth-order valence-electron chi connectivity index (χ4n) is 1.23. The summed E-state index contributed by atoms with van der Waals surface area (Å²) >= 11 is 0. The molecule has 0 spiro atoms. The Bertz CT molecular complexity index is 286. The van der Waals surface area contributed by atoms with Crippen LogP contribution in [-0.4, -0.2) is 10.2 Å². The summed E-state index contributed by atoms with van der Waals surface area (Å²) in [6.45, 7) is 2.00. The van der Waals surface area contributed by atoms with Gasteiger partial charge in [-0.1, -0.05) is 25.5 Å². The molecule has 1 rings (SSSR count). The van der Waals surface area contributed by atoms with Gasteiger partial charge in [-0.25, -0.2) is 8.78 Å². The van der Waals surface area contributed by atoms with Crippen LogP contribution in [0.4, 0.5) is 8.78 Å². The average molecular weight is 197 g/mol. The van der Waals surface area contributed by atoms with Crippen molar-refractivity contribution < 1.29 is 8.78 Å². The molecule has 0 saturated heterocycles. The SMILES string of the molecule is CCCC([Si])c1cccc(F)c1F. The lowest BCUT2D eigenvalue weighted by atomic mass is 10.1. The molecule has 0 saturated carbocycles.